The molecular weight excluding hydrogens is 420 g/mol. The van der Waals surface area contributed by atoms with Gasteiger partial charge in [-0.2, -0.15) is 4.31 Å². The lowest BCUT2D eigenvalue weighted by Crippen LogP contribution is -2.53. The Kier molecular flexibility index (Phi) is 6.94. The highest BCUT2D eigenvalue weighted by Gasteiger charge is 2.44. The molecule has 1 aliphatic rings. The number of nitrogens with zero attached hydrogens (tertiary/aromatic N) is 2. The van der Waals surface area contributed by atoms with Gasteiger partial charge in [0.15, 0.2) is 6.17 Å². The average molecular weight is 447 g/mol. The van der Waals surface area contributed by atoms with Crippen molar-refractivity contribution in [2.24, 2.45) is 5.73 Å². The number of carbonyl (C=O) groups is 2. The number of hydrogen-bond acceptors (Lipinski definition) is 6. The normalized spacial score (nSPS) is 16.9. The monoisotopic (exact) mass is 446 g/mol. The topological polar surface area (TPSA) is 122 Å². The van der Waals surface area contributed by atoms with Gasteiger partial charge in [0, 0.05) is 31.7 Å². The van der Waals surface area contributed by atoms with Gasteiger partial charge in [-0.25, -0.2) is 8.42 Å². The highest BCUT2D eigenvalue weighted by Crippen LogP contribution is 2.23. The van der Waals surface area contributed by atoms with Gasteiger partial charge in [-0.05, 0) is 29.3 Å². The first kappa shape index (κ1) is 22.7. The van der Waals surface area contributed by atoms with Crippen molar-refractivity contribution in [1.29, 1.82) is 0 Å². The lowest BCUT2D eigenvalue weighted by molar-refractivity contribution is -0.127. The van der Waals surface area contributed by atoms with Crippen LogP contribution in [0.2, 0.25) is 0 Å². The predicted molar refractivity (Wildman–Crippen MR) is 116 cm³/mol. The first-order valence-electron chi connectivity index (χ1n) is 9.72. The largest absolute Gasteiger partial charge is 0.497 e. The molecule has 1 heterocycles. The summed E-state index contributed by atoms with van der Waals surface area (Å²) >= 11 is 0. The highest BCUT2D eigenvalue weighted by molar-refractivity contribution is 7.88. The van der Waals surface area contributed by atoms with Crippen LogP contribution in [0.5, 0.6) is 5.75 Å². The number of rotatable bonds is 7. The molecule has 3 N–H and O–H groups in total. The van der Waals surface area contributed by atoms with Gasteiger partial charge in [0.25, 0.3) is 11.8 Å². The van der Waals surface area contributed by atoms with E-state index in [2.05, 4.69) is 5.32 Å². The van der Waals surface area contributed by atoms with E-state index in [-0.39, 0.29) is 19.6 Å². The molecule has 31 heavy (non-hydrogen) atoms. The van der Waals surface area contributed by atoms with Crippen LogP contribution in [0.1, 0.15) is 21.5 Å². The zero-order valence-electron chi connectivity index (χ0n) is 17.4. The minimum Gasteiger partial charge on any atom is -0.497 e. The second-order valence-corrected chi connectivity index (χ2v) is 9.15. The third kappa shape index (κ3) is 5.22. The quantitative estimate of drug-likeness (QED) is 0.639. The Labute approximate surface area is 181 Å². The van der Waals surface area contributed by atoms with Crippen LogP contribution >= 0.6 is 0 Å². The van der Waals surface area contributed by atoms with Crippen molar-refractivity contribution < 1.29 is 22.7 Å². The van der Waals surface area contributed by atoms with E-state index in [0.717, 1.165) is 21.7 Å². The van der Waals surface area contributed by atoms with Gasteiger partial charge < -0.3 is 20.7 Å². The zero-order valence-corrected chi connectivity index (χ0v) is 18.3. The molecule has 0 aliphatic carbocycles. The van der Waals surface area contributed by atoms with Crippen LogP contribution in [0.3, 0.4) is 0 Å². The van der Waals surface area contributed by atoms with E-state index < -0.39 is 28.0 Å². The summed E-state index contributed by atoms with van der Waals surface area (Å²) in [5.74, 6) is -0.529. The van der Waals surface area contributed by atoms with Crippen LogP contribution in [-0.4, -0.2) is 62.1 Å². The molecule has 0 saturated carbocycles. The van der Waals surface area contributed by atoms with Crippen LogP contribution in [-0.2, 0) is 27.9 Å². The average Bonchev–Trinajstić information content (AvgIpc) is 3.23. The Morgan fingerprint density at radius 2 is 1.84 bits per heavy atom. The molecule has 2 aromatic carbocycles. The van der Waals surface area contributed by atoms with E-state index in [1.54, 1.807) is 24.3 Å². The number of hydrogen-bond donors (Lipinski definition) is 2. The van der Waals surface area contributed by atoms with Crippen molar-refractivity contribution in [3.63, 3.8) is 0 Å². The summed E-state index contributed by atoms with van der Waals surface area (Å²) < 4.78 is 30.8. The lowest BCUT2D eigenvalue weighted by atomic mass is 10.1. The number of sulfonamides is 1. The third-order valence-electron chi connectivity index (χ3n) is 5.06. The third-order valence-corrected chi connectivity index (χ3v) is 6.30. The minimum atomic E-state index is -3.71. The number of nitrogens with one attached hydrogen (secondary N) is 1. The van der Waals surface area contributed by atoms with E-state index in [1.807, 2.05) is 24.3 Å². The van der Waals surface area contributed by atoms with Crippen molar-refractivity contribution in [3.05, 3.63) is 65.2 Å². The van der Waals surface area contributed by atoms with Crippen molar-refractivity contribution in [2.75, 3.05) is 26.5 Å². The second kappa shape index (κ2) is 9.46. The van der Waals surface area contributed by atoms with E-state index >= 15 is 0 Å². The van der Waals surface area contributed by atoms with Crippen LogP contribution in [0, 0.1) is 0 Å². The summed E-state index contributed by atoms with van der Waals surface area (Å²) in [7, 11) is -2.23. The molecule has 1 unspecified atom stereocenters. The summed E-state index contributed by atoms with van der Waals surface area (Å²) in [5, 5.41) is 2.75. The standard InChI is InChI=1S/C21H26N4O5S/c1-30-18-8-4-7-17(12-18)21(27)24-9-10-25(31(2,28)29)20(24)19(26)23-14-16-6-3-5-15(11-16)13-22/h3-8,11-12,20H,9-10,13-14,22H2,1-2H3,(H,23,26). The number of carbonyl (C=O) groups excluding carboxylic acids is 2. The molecule has 2 aromatic rings. The Hall–Kier alpha value is -2.95. The van der Waals surface area contributed by atoms with Gasteiger partial charge in [0.05, 0.1) is 13.4 Å². The van der Waals surface area contributed by atoms with E-state index in [1.165, 1.54) is 12.0 Å². The highest BCUT2D eigenvalue weighted by atomic mass is 32.2. The molecule has 0 radical (unpaired) electrons. The summed E-state index contributed by atoms with van der Waals surface area (Å²) in [6.45, 7) is 0.691. The van der Waals surface area contributed by atoms with Gasteiger partial charge in [-0.15, -0.1) is 0 Å². The lowest BCUT2D eigenvalue weighted by Gasteiger charge is -2.28. The van der Waals surface area contributed by atoms with Gasteiger partial charge in [-0.3, -0.25) is 9.59 Å². The number of amides is 2. The Morgan fingerprint density at radius 3 is 2.52 bits per heavy atom. The zero-order chi connectivity index (χ0) is 22.6. The second-order valence-electron chi connectivity index (χ2n) is 7.22. The minimum absolute atomic E-state index is 0.0370. The summed E-state index contributed by atoms with van der Waals surface area (Å²) in [6.07, 6.45) is -0.247. The molecule has 0 bridgehead atoms. The fourth-order valence-corrected chi connectivity index (χ4v) is 4.49. The van der Waals surface area contributed by atoms with Crippen LogP contribution < -0.4 is 15.8 Å². The first-order valence-corrected chi connectivity index (χ1v) is 11.6. The number of ether oxygens (including phenoxy) is 1. The molecule has 1 atom stereocenters. The number of benzene rings is 2. The Balaban J connectivity index is 1.83. The SMILES string of the molecule is COc1cccc(C(=O)N2CCN(S(C)(=O)=O)C2C(=O)NCc2cccc(CN)c2)c1. The molecule has 3 rings (SSSR count). The van der Waals surface area contributed by atoms with E-state index in [9.17, 15) is 18.0 Å². The Morgan fingerprint density at radius 1 is 1.13 bits per heavy atom. The van der Waals surface area contributed by atoms with Gasteiger partial charge >= 0.3 is 0 Å². The predicted octanol–water partition coefficient (Wildman–Crippen LogP) is 0.514. The van der Waals surface area contributed by atoms with Crippen LogP contribution in [0.15, 0.2) is 48.5 Å². The fraction of sp³-hybridized carbons (Fsp3) is 0.333. The van der Waals surface area contributed by atoms with Crippen molar-refractivity contribution >= 4 is 21.8 Å². The first-order chi connectivity index (χ1) is 14.7. The van der Waals surface area contributed by atoms with Crippen LogP contribution in [0.4, 0.5) is 0 Å². The molecule has 2 amide bonds. The molecule has 0 spiro atoms. The fourth-order valence-electron chi connectivity index (χ4n) is 3.51. The van der Waals surface area contributed by atoms with Gasteiger partial charge in [0.1, 0.15) is 5.75 Å². The van der Waals surface area contributed by atoms with Crippen molar-refractivity contribution in [1.82, 2.24) is 14.5 Å². The van der Waals surface area contributed by atoms with Crippen molar-refractivity contribution in [3.8, 4) is 5.75 Å². The van der Waals surface area contributed by atoms with Crippen LogP contribution in [0.25, 0.3) is 0 Å². The maximum Gasteiger partial charge on any atom is 0.259 e. The maximum atomic E-state index is 13.1. The Bertz CT molecular complexity index is 1070. The van der Waals surface area contributed by atoms with Crippen molar-refractivity contribution in [2.45, 2.75) is 19.3 Å². The molecule has 1 saturated heterocycles. The van der Waals surface area contributed by atoms with Gasteiger partial charge in [0.2, 0.25) is 10.0 Å². The van der Waals surface area contributed by atoms with E-state index in [4.69, 9.17) is 10.5 Å². The summed E-state index contributed by atoms with van der Waals surface area (Å²) in [6, 6.07) is 13.9. The molecule has 9 nitrogen and oxygen atoms in total. The summed E-state index contributed by atoms with van der Waals surface area (Å²) in [4.78, 5) is 27.4. The molecule has 10 heteroatoms. The number of methoxy groups -OCH3 is 1. The summed E-state index contributed by atoms with van der Waals surface area (Å²) in [5.41, 5.74) is 7.70. The smallest absolute Gasteiger partial charge is 0.259 e. The molecule has 1 aliphatic heterocycles. The van der Waals surface area contributed by atoms with E-state index in [0.29, 0.717) is 17.9 Å². The molecule has 1 fully saturated rings. The molecular formula is C21H26N4O5S. The number of nitrogens with two attached hydrogens (primary N) is 1. The molecule has 166 valence electrons. The molecule has 0 aromatic heterocycles. The maximum absolute atomic E-state index is 13.1. The van der Waals surface area contributed by atoms with Gasteiger partial charge in [-0.1, -0.05) is 30.3 Å².